The molecule has 1 fully saturated rings. The zero-order chi connectivity index (χ0) is 11.5. The smallest absolute Gasteiger partial charge is 0.0335 e. The van der Waals surface area contributed by atoms with Crippen LogP contribution in [-0.4, -0.2) is 35.5 Å². The van der Waals surface area contributed by atoms with Crippen LogP contribution in [0.2, 0.25) is 0 Å². The van der Waals surface area contributed by atoms with E-state index in [1.54, 1.807) is 0 Å². The monoisotopic (exact) mass is 218 g/mol. The van der Waals surface area contributed by atoms with Crippen LogP contribution < -0.4 is 0 Å². The van der Waals surface area contributed by atoms with Gasteiger partial charge in [0.15, 0.2) is 0 Å². The molecule has 2 nitrogen and oxygen atoms in total. The van der Waals surface area contributed by atoms with Gasteiger partial charge in [0.25, 0.3) is 0 Å². The molecule has 0 aliphatic carbocycles. The minimum Gasteiger partial charge on any atom is -0.346 e. The van der Waals surface area contributed by atoms with Crippen LogP contribution in [0, 0.1) is 0 Å². The van der Waals surface area contributed by atoms with Crippen molar-refractivity contribution in [3.05, 3.63) is 36.2 Å². The molecule has 0 unspecified atom stereocenters. The minimum absolute atomic E-state index is 0.497. The van der Waals surface area contributed by atoms with Crippen molar-refractivity contribution in [2.45, 2.75) is 32.7 Å². The highest BCUT2D eigenvalue weighted by molar-refractivity contribution is 5.33. The van der Waals surface area contributed by atoms with Gasteiger partial charge in [0.05, 0.1) is 0 Å². The molecule has 88 valence electrons. The average Bonchev–Trinajstić information content (AvgIpc) is 2.17. The molecule has 0 spiro atoms. The Kier molecular flexibility index (Phi) is 3.49. The van der Waals surface area contributed by atoms with E-state index < -0.39 is 0 Å². The van der Waals surface area contributed by atoms with Gasteiger partial charge in [-0.2, -0.15) is 0 Å². The van der Waals surface area contributed by atoms with Gasteiger partial charge in [-0.1, -0.05) is 12.7 Å². The molecule has 0 aromatic heterocycles. The van der Waals surface area contributed by atoms with E-state index in [0.717, 1.165) is 12.1 Å². The van der Waals surface area contributed by atoms with E-state index in [0.29, 0.717) is 6.04 Å². The highest BCUT2D eigenvalue weighted by Crippen LogP contribution is 2.21. The molecular formula is C14H22N2. The first-order chi connectivity index (χ1) is 7.66. The summed E-state index contributed by atoms with van der Waals surface area (Å²) in [4.78, 5) is 4.77. The van der Waals surface area contributed by atoms with Crippen LogP contribution in [0.4, 0.5) is 0 Å². The van der Waals surface area contributed by atoms with Crippen LogP contribution >= 0.6 is 0 Å². The maximum Gasteiger partial charge on any atom is 0.0335 e. The van der Waals surface area contributed by atoms with Crippen molar-refractivity contribution in [3.8, 4) is 0 Å². The number of hydrogen-bond acceptors (Lipinski definition) is 2. The summed E-state index contributed by atoms with van der Waals surface area (Å²) < 4.78 is 0. The van der Waals surface area contributed by atoms with Crippen molar-refractivity contribution in [1.29, 1.82) is 0 Å². The Labute approximate surface area is 98.9 Å². The summed E-state index contributed by atoms with van der Waals surface area (Å²) in [5, 5.41) is 0. The fraction of sp³-hybridized carbons (Fsp3) is 0.571. The maximum atomic E-state index is 4.06. The van der Waals surface area contributed by atoms with Crippen LogP contribution in [0.3, 0.4) is 0 Å². The van der Waals surface area contributed by atoms with Gasteiger partial charge >= 0.3 is 0 Å². The summed E-state index contributed by atoms with van der Waals surface area (Å²) in [5.41, 5.74) is 2.52. The molecule has 2 aliphatic rings. The summed E-state index contributed by atoms with van der Waals surface area (Å²) in [6.45, 7) is 12.2. The first-order valence-corrected chi connectivity index (χ1v) is 6.25. The second kappa shape index (κ2) is 4.88. The number of likely N-dealkylation sites (tertiary alicyclic amines) is 1. The lowest BCUT2D eigenvalue weighted by atomic mass is 10.1. The zero-order valence-corrected chi connectivity index (χ0v) is 10.4. The van der Waals surface area contributed by atoms with Crippen LogP contribution in [0.15, 0.2) is 36.2 Å². The predicted octanol–water partition coefficient (Wildman–Crippen LogP) is 2.76. The summed E-state index contributed by atoms with van der Waals surface area (Å²) in [7, 11) is 0. The lowest BCUT2D eigenvalue weighted by Gasteiger charge is -2.32. The molecular weight excluding hydrogens is 196 g/mol. The van der Waals surface area contributed by atoms with Crippen molar-refractivity contribution in [2.24, 2.45) is 0 Å². The fourth-order valence-electron chi connectivity index (χ4n) is 2.12. The largest absolute Gasteiger partial charge is 0.346 e. The molecule has 2 heteroatoms. The van der Waals surface area contributed by atoms with Crippen molar-refractivity contribution >= 4 is 0 Å². The standard InChI is InChI=1S/C14H22N2/c1-12(2)16-11-14(6-5-13(16)3)7-10-15-8-4-9-15/h5-6,11-12H,3-4,7-10H2,1-2H3. The highest BCUT2D eigenvalue weighted by atomic mass is 15.2. The third kappa shape index (κ3) is 2.56. The molecule has 2 aliphatic heterocycles. The van der Waals surface area contributed by atoms with Gasteiger partial charge in [-0.05, 0) is 51.4 Å². The molecule has 0 aromatic carbocycles. The van der Waals surface area contributed by atoms with Gasteiger partial charge in [0.1, 0.15) is 0 Å². The normalized spacial score (nSPS) is 21.3. The third-order valence-electron chi connectivity index (χ3n) is 3.35. The Hall–Kier alpha value is -1.02. The quantitative estimate of drug-likeness (QED) is 0.716. The molecule has 0 amide bonds. The van der Waals surface area contributed by atoms with E-state index in [-0.39, 0.29) is 0 Å². The molecule has 0 bridgehead atoms. The van der Waals surface area contributed by atoms with E-state index >= 15 is 0 Å². The van der Waals surface area contributed by atoms with E-state index in [2.05, 4.69) is 48.6 Å². The lowest BCUT2D eigenvalue weighted by molar-refractivity contribution is 0.184. The topological polar surface area (TPSA) is 6.48 Å². The predicted molar refractivity (Wildman–Crippen MR) is 69.0 cm³/mol. The van der Waals surface area contributed by atoms with Gasteiger partial charge in [-0.3, -0.25) is 0 Å². The second-order valence-electron chi connectivity index (χ2n) is 4.97. The van der Waals surface area contributed by atoms with Gasteiger partial charge in [-0.25, -0.2) is 0 Å². The van der Waals surface area contributed by atoms with Gasteiger partial charge in [0.2, 0.25) is 0 Å². The first-order valence-electron chi connectivity index (χ1n) is 6.25. The summed E-state index contributed by atoms with van der Waals surface area (Å²) in [6.07, 6.45) is 9.13. The van der Waals surface area contributed by atoms with Gasteiger partial charge in [-0.15, -0.1) is 0 Å². The third-order valence-corrected chi connectivity index (χ3v) is 3.35. The Morgan fingerprint density at radius 2 is 2.06 bits per heavy atom. The van der Waals surface area contributed by atoms with Crippen molar-refractivity contribution in [1.82, 2.24) is 9.80 Å². The van der Waals surface area contributed by atoms with Crippen LogP contribution in [0.5, 0.6) is 0 Å². The molecule has 0 N–H and O–H groups in total. The first kappa shape index (κ1) is 11.5. The average molecular weight is 218 g/mol. The molecule has 0 aromatic rings. The summed E-state index contributed by atoms with van der Waals surface area (Å²) in [6, 6.07) is 0.497. The van der Waals surface area contributed by atoms with Crippen LogP contribution in [0.25, 0.3) is 0 Å². The number of allylic oxidation sites excluding steroid dienone is 2. The Balaban J connectivity index is 1.90. The van der Waals surface area contributed by atoms with Crippen molar-refractivity contribution < 1.29 is 0 Å². The molecule has 16 heavy (non-hydrogen) atoms. The zero-order valence-electron chi connectivity index (χ0n) is 10.4. The van der Waals surface area contributed by atoms with Crippen molar-refractivity contribution in [3.63, 3.8) is 0 Å². The van der Waals surface area contributed by atoms with Gasteiger partial charge < -0.3 is 9.80 Å². The molecule has 2 rings (SSSR count). The van der Waals surface area contributed by atoms with Crippen LogP contribution in [0.1, 0.15) is 26.7 Å². The molecule has 0 radical (unpaired) electrons. The Bertz CT molecular complexity index is 322. The number of nitrogens with zero attached hydrogens (tertiary/aromatic N) is 2. The summed E-state index contributed by atoms with van der Waals surface area (Å²) in [5.74, 6) is 0. The fourth-order valence-corrected chi connectivity index (χ4v) is 2.12. The number of hydrogen-bond donors (Lipinski definition) is 0. The van der Waals surface area contributed by atoms with E-state index in [4.69, 9.17) is 0 Å². The van der Waals surface area contributed by atoms with E-state index in [1.165, 1.54) is 31.6 Å². The van der Waals surface area contributed by atoms with Gasteiger partial charge in [0, 0.05) is 24.5 Å². The second-order valence-corrected chi connectivity index (χ2v) is 4.97. The summed E-state index contributed by atoms with van der Waals surface area (Å²) >= 11 is 0. The number of rotatable bonds is 4. The molecule has 2 heterocycles. The molecule has 0 saturated carbocycles. The van der Waals surface area contributed by atoms with Crippen LogP contribution in [-0.2, 0) is 0 Å². The van der Waals surface area contributed by atoms with E-state index in [9.17, 15) is 0 Å². The maximum absolute atomic E-state index is 4.06. The molecule has 1 saturated heterocycles. The Morgan fingerprint density at radius 3 is 2.62 bits per heavy atom. The SMILES string of the molecule is C=C1C=CC(CCN2CCC2)=CN1C(C)C. The highest BCUT2D eigenvalue weighted by Gasteiger charge is 2.15. The Morgan fingerprint density at radius 1 is 1.31 bits per heavy atom. The van der Waals surface area contributed by atoms with E-state index in [1.807, 2.05) is 0 Å². The lowest BCUT2D eigenvalue weighted by Crippen LogP contribution is -2.37. The minimum atomic E-state index is 0.497. The molecule has 0 atom stereocenters. The van der Waals surface area contributed by atoms with Crippen molar-refractivity contribution in [2.75, 3.05) is 19.6 Å².